The molecule has 9 nitrogen and oxygen atoms in total. The molecular formula is C17H15FN6O3. The van der Waals surface area contributed by atoms with Crippen molar-refractivity contribution in [3.63, 3.8) is 0 Å². The second-order valence-corrected chi connectivity index (χ2v) is 5.93. The van der Waals surface area contributed by atoms with Gasteiger partial charge in [0.15, 0.2) is 17.0 Å². The zero-order valence-electron chi connectivity index (χ0n) is 14.1. The van der Waals surface area contributed by atoms with E-state index in [4.69, 9.17) is 15.6 Å². The first-order chi connectivity index (χ1) is 13.0. The molecule has 27 heavy (non-hydrogen) atoms. The highest BCUT2D eigenvalue weighted by Gasteiger charge is 2.20. The molecule has 0 unspecified atom stereocenters. The molecule has 0 atom stereocenters. The Morgan fingerprint density at radius 2 is 2.00 bits per heavy atom. The predicted octanol–water partition coefficient (Wildman–Crippen LogP) is 1.34. The Kier molecular flexibility index (Phi) is 4.24. The summed E-state index contributed by atoms with van der Waals surface area (Å²) in [6.45, 7) is 2.36. The lowest BCUT2D eigenvalue weighted by Crippen LogP contribution is -2.37. The number of fused-ring (bicyclic) bond motifs is 1. The van der Waals surface area contributed by atoms with E-state index < -0.39 is 17.3 Å². The van der Waals surface area contributed by atoms with Gasteiger partial charge < -0.3 is 20.5 Å². The smallest absolute Gasteiger partial charge is 0.338 e. The fourth-order valence-electron chi connectivity index (χ4n) is 2.89. The molecule has 138 valence electrons. The largest absolute Gasteiger partial charge is 0.478 e. The minimum atomic E-state index is -1.33. The summed E-state index contributed by atoms with van der Waals surface area (Å²) in [5.41, 5.74) is 6.93. The summed E-state index contributed by atoms with van der Waals surface area (Å²) in [4.78, 5) is 30.2. The van der Waals surface area contributed by atoms with Gasteiger partial charge in [-0.2, -0.15) is 9.97 Å². The van der Waals surface area contributed by atoms with E-state index in [2.05, 4.69) is 19.9 Å². The van der Waals surface area contributed by atoms with Gasteiger partial charge in [0.1, 0.15) is 5.82 Å². The minimum Gasteiger partial charge on any atom is -0.478 e. The summed E-state index contributed by atoms with van der Waals surface area (Å²) in [6, 6.07) is 3.79. The number of carboxylic acid groups (broad SMARTS) is 1. The van der Waals surface area contributed by atoms with E-state index in [9.17, 15) is 9.18 Å². The number of hydrogen-bond acceptors (Lipinski definition) is 8. The molecule has 10 heteroatoms. The van der Waals surface area contributed by atoms with E-state index >= 15 is 0 Å². The van der Waals surface area contributed by atoms with Crippen LogP contribution in [0.1, 0.15) is 10.4 Å². The first kappa shape index (κ1) is 17.0. The summed E-state index contributed by atoms with van der Waals surface area (Å²) in [5.74, 6) is -1.55. The SMILES string of the molecule is Nc1nc(N2CCOCC2)c2nc(-c3ccc(C(=O)O)c(F)c3)cnc2n1. The van der Waals surface area contributed by atoms with Gasteiger partial charge in [-0.3, -0.25) is 0 Å². The Bertz CT molecular complexity index is 1040. The van der Waals surface area contributed by atoms with Gasteiger partial charge in [-0.25, -0.2) is 19.2 Å². The molecule has 1 aromatic carbocycles. The van der Waals surface area contributed by atoms with Gasteiger partial charge in [0, 0.05) is 18.7 Å². The zero-order chi connectivity index (χ0) is 19.0. The molecule has 1 aliphatic rings. The molecule has 2 aromatic heterocycles. The van der Waals surface area contributed by atoms with Crippen molar-refractivity contribution in [2.24, 2.45) is 0 Å². The Morgan fingerprint density at radius 1 is 1.22 bits per heavy atom. The lowest BCUT2D eigenvalue weighted by atomic mass is 10.1. The van der Waals surface area contributed by atoms with Gasteiger partial charge in [0.05, 0.1) is 30.7 Å². The van der Waals surface area contributed by atoms with Crippen molar-refractivity contribution < 1.29 is 19.0 Å². The van der Waals surface area contributed by atoms with Crippen LogP contribution >= 0.6 is 0 Å². The zero-order valence-corrected chi connectivity index (χ0v) is 14.1. The number of nitrogens with two attached hydrogens (primary N) is 1. The maximum Gasteiger partial charge on any atom is 0.338 e. The van der Waals surface area contributed by atoms with E-state index in [0.717, 1.165) is 6.07 Å². The first-order valence-electron chi connectivity index (χ1n) is 8.19. The number of carboxylic acids is 1. The molecule has 0 aliphatic carbocycles. The minimum absolute atomic E-state index is 0.0860. The number of aromatic nitrogens is 4. The summed E-state index contributed by atoms with van der Waals surface area (Å²) >= 11 is 0. The van der Waals surface area contributed by atoms with Crippen molar-refractivity contribution in [3.05, 3.63) is 35.8 Å². The number of benzene rings is 1. The van der Waals surface area contributed by atoms with Crippen molar-refractivity contribution in [1.82, 2.24) is 19.9 Å². The lowest BCUT2D eigenvalue weighted by Gasteiger charge is -2.28. The number of rotatable bonds is 3. The van der Waals surface area contributed by atoms with E-state index in [1.165, 1.54) is 18.3 Å². The standard InChI is InChI=1S/C17H15FN6O3/c18-11-7-9(1-2-10(11)16(25)26)12-8-20-14-13(21-12)15(23-17(19)22-14)24-3-5-27-6-4-24/h1-2,7-8H,3-6H2,(H,25,26)(H2,19,20,22,23). The van der Waals surface area contributed by atoms with Gasteiger partial charge in [0.25, 0.3) is 0 Å². The van der Waals surface area contributed by atoms with Gasteiger partial charge >= 0.3 is 5.97 Å². The second kappa shape index (κ2) is 6.72. The third-order valence-corrected chi connectivity index (χ3v) is 4.21. The van der Waals surface area contributed by atoms with Crippen molar-refractivity contribution >= 4 is 28.9 Å². The normalized spacial score (nSPS) is 14.5. The van der Waals surface area contributed by atoms with Crippen LogP contribution in [-0.2, 0) is 4.74 Å². The average molecular weight is 370 g/mol. The van der Waals surface area contributed by atoms with Crippen molar-refractivity contribution in [2.75, 3.05) is 36.9 Å². The molecule has 0 spiro atoms. The third-order valence-electron chi connectivity index (χ3n) is 4.21. The fraction of sp³-hybridized carbons (Fsp3) is 0.235. The van der Waals surface area contributed by atoms with Crippen LogP contribution < -0.4 is 10.6 Å². The number of morpholine rings is 1. The van der Waals surface area contributed by atoms with Crippen LogP contribution in [-0.4, -0.2) is 57.3 Å². The molecular weight excluding hydrogens is 355 g/mol. The quantitative estimate of drug-likeness (QED) is 0.702. The number of ether oxygens (including phenoxy) is 1. The molecule has 4 rings (SSSR count). The van der Waals surface area contributed by atoms with E-state index in [-0.39, 0.29) is 5.95 Å². The molecule has 0 saturated carbocycles. The highest BCUT2D eigenvalue weighted by atomic mass is 19.1. The lowest BCUT2D eigenvalue weighted by molar-refractivity contribution is 0.0692. The molecule has 3 N–H and O–H groups in total. The van der Waals surface area contributed by atoms with Gasteiger partial charge in [0.2, 0.25) is 5.95 Å². The predicted molar refractivity (Wildman–Crippen MR) is 94.9 cm³/mol. The van der Waals surface area contributed by atoms with Crippen LogP contribution in [0.5, 0.6) is 0 Å². The number of anilines is 2. The molecule has 0 bridgehead atoms. The van der Waals surface area contributed by atoms with Crippen LogP contribution in [0.2, 0.25) is 0 Å². The number of hydrogen-bond donors (Lipinski definition) is 2. The second-order valence-electron chi connectivity index (χ2n) is 5.93. The molecule has 1 fully saturated rings. The highest BCUT2D eigenvalue weighted by Crippen LogP contribution is 2.26. The van der Waals surface area contributed by atoms with Gasteiger partial charge in [-0.15, -0.1) is 0 Å². The monoisotopic (exact) mass is 370 g/mol. The summed E-state index contributed by atoms with van der Waals surface area (Å²) in [5, 5.41) is 8.96. The Balaban J connectivity index is 1.82. The molecule has 0 amide bonds. The van der Waals surface area contributed by atoms with Crippen LogP contribution in [0.15, 0.2) is 24.4 Å². The van der Waals surface area contributed by atoms with E-state index in [1.807, 2.05) is 4.90 Å². The molecule has 3 heterocycles. The molecule has 1 saturated heterocycles. The Labute approximate surface area is 152 Å². The van der Waals surface area contributed by atoms with Crippen molar-refractivity contribution in [3.8, 4) is 11.3 Å². The highest BCUT2D eigenvalue weighted by molar-refractivity contribution is 5.89. The number of nitrogen functional groups attached to an aromatic ring is 1. The third kappa shape index (κ3) is 3.22. The van der Waals surface area contributed by atoms with Crippen molar-refractivity contribution in [2.45, 2.75) is 0 Å². The average Bonchev–Trinajstić information content (AvgIpc) is 2.67. The number of carbonyl (C=O) groups is 1. The number of nitrogens with zero attached hydrogens (tertiary/aromatic N) is 5. The molecule has 3 aromatic rings. The van der Waals surface area contributed by atoms with Crippen LogP contribution in [0.25, 0.3) is 22.4 Å². The summed E-state index contributed by atoms with van der Waals surface area (Å²) < 4.78 is 19.4. The van der Waals surface area contributed by atoms with Crippen molar-refractivity contribution in [1.29, 1.82) is 0 Å². The topological polar surface area (TPSA) is 127 Å². The number of aromatic carboxylic acids is 1. The number of halogens is 1. The maximum atomic E-state index is 14.0. The van der Waals surface area contributed by atoms with E-state index in [1.54, 1.807) is 0 Å². The molecule has 1 aliphatic heterocycles. The Hall–Kier alpha value is -3.40. The van der Waals surface area contributed by atoms with E-state index in [0.29, 0.717) is 54.5 Å². The van der Waals surface area contributed by atoms with Gasteiger partial charge in [-0.05, 0) is 12.1 Å². The van der Waals surface area contributed by atoms with Crippen LogP contribution in [0.3, 0.4) is 0 Å². The summed E-state index contributed by atoms with van der Waals surface area (Å²) in [6.07, 6.45) is 1.44. The Morgan fingerprint density at radius 3 is 2.70 bits per heavy atom. The van der Waals surface area contributed by atoms with Gasteiger partial charge in [-0.1, -0.05) is 6.07 Å². The van der Waals surface area contributed by atoms with Crippen LogP contribution in [0.4, 0.5) is 16.2 Å². The van der Waals surface area contributed by atoms with Crippen LogP contribution in [0, 0.1) is 5.82 Å². The summed E-state index contributed by atoms with van der Waals surface area (Å²) in [7, 11) is 0. The molecule has 0 radical (unpaired) electrons. The maximum absolute atomic E-state index is 14.0. The first-order valence-corrected chi connectivity index (χ1v) is 8.19. The fourth-order valence-corrected chi connectivity index (χ4v) is 2.89.